The van der Waals surface area contributed by atoms with E-state index in [0.29, 0.717) is 33.3 Å². The van der Waals surface area contributed by atoms with Gasteiger partial charge in [0.2, 0.25) is 5.75 Å². The van der Waals surface area contributed by atoms with E-state index >= 15 is 0 Å². The van der Waals surface area contributed by atoms with E-state index < -0.39 is 16.7 Å². The van der Waals surface area contributed by atoms with Gasteiger partial charge >= 0.3 is 5.69 Å². The van der Waals surface area contributed by atoms with Crippen LogP contribution >= 0.6 is 0 Å². The Balaban J connectivity index is 1.65. The highest BCUT2D eigenvalue weighted by atomic mass is 16.6. The maximum Gasteiger partial charge on any atom is 0.311 e. The van der Waals surface area contributed by atoms with Gasteiger partial charge in [-0.3, -0.25) is 19.7 Å². The van der Waals surface area contributed by atoms with Crippen molar-refractivity contribution in [1.29, 1.82) is 0 Å². The van der Waals surface area contributed by atoms with E-state index in [-0.39, 0.29) is 11.4 Å². The zero-order valence-corrected chi connectivity index (χ0v) is 17.9. The molecule has 162 valence electrons. The van der Waals surface area contributed by atoms with Gasteiger partial charge in [0, 0.05) is 28.0 Å². The second-order valence-electron chi connectivity index (χ2n) is 7.88. The Labute approximate surface area is 189 Å². The van der Waals surface area contributed by atoms with Crippen molar-refractivity contribution < 1.29 is 19.2 Å². The van der Waals surface area contributed by atoms with Crippen LogP contribution in [-0.4, -0.2) is 16.7 Å². The van der Waals surface area contributed by atoms with E-state index in [2.05, 4.69) is 0 Å². The first kappa shape index (κ1) is 20.4. The van der Waals surface area contributed by atoms with Crippen molar-refractivity contribution in [2.24, 2.45) is 0 Å². The number of aryl methyl sites for hydroxylation is 2. The number of rotatable bonds is 4. The molecule has 33 heavy (non-hydrogen) atoms. The van der Waals surface area contributed by atoms with Gasteiger partial charge < -0.3 is 4.74 Å². The third-order valence-electron chi connectivity index (χ3n) is 5.90. The van der Waals surface area contributed by atoms with Crippen LogP contribution in [0.1, 0.15) is 31.8 Å². The number of anilines is 1. The number of imide groups is 1. The van der Waals surface area contributed by atoms with Crippen molar-refractivity contribution in [3.05, 3.63) is 105 Å². The number of ether oxygens (including phenoxy) is 1. The summed E-state index contributed by atoms with van der Waals surface area (Å²) >= 11 is 0. The number of nitro groups is 1. The van der Waals surface area contributed by atoms with Gasteiger partial charge in [-0.2, -0.15) is 0 Å². The fourth-order valence-corrected chi connectivity index (χ4v) is 4.07. The molecule has 0 atom stereocenters. The standard InChI is InChI=1S/C26H18N2O5/c1-15-10-11-17(14-16(15)2)27-25(29)19-7-5-6-18-22(13-12-20(24(18)19)26(27)30)33-23-9-4-3-8-21(23)28(31)32/h3-14H,1-2H3. The lowest BCUT2D eigenvalue weighted by Gasteiger charge is -2.28. The lowest BCUT2D eigenvalue weighted by Crippen LogP contribution is -2.40. The van der Waals surface area contributed by atoms with Gasteiger partial charge in [-0.05, 0) is 61.4 Å². The third-order valence-corrected chi connectivity index (χ3v) is 5.90. The summed E-state index contributed by atoms with van der Waals surface area (Å²) < 4.78 is 5.90. The highest BCUT2D eigenvalue weighted by molar-refractivity contribution is 6.36. The molecule has 4 aromatic carbocycles. The molecular weight excluding hydrogens is 420 g/mol. The Hall–Kier alpha value is -4.52. The van der Waals surface area contributed by atoms with E-state index in [1.54, 1.807) is 48.5 Å². The van der Waals surface area contributed by atoms with Crippen molar-refractivity contribution in [3.63, 3.8) is 0 Å². The molecule has 0 spiro atoms. The molecule has 0 saturated carbocycles. The quantitative estimate of drug-likeness (QED) is 0.223. The van der Waals surface area contributed by atoms with Crippen LogP contribution in [0.5, 0.6) is 11.5 Å². The van der Waals surface area contributed by atoms with Crippen LogP contribution in [0.15, 0.2) is 72.8 Å². The van der Waals surface area contributed by atoms with Gasteiger partial charge in [0.05, 0.1) is 10.6 Å². The lowest BCUT2D eigenvalue weighted by atomic mass is 9.93. The number of nitro benzene ring substituents is 1. The minimum Gasteiger partial charge on any atom is -0.449 e. The first-order valence-corrected chi connectivity index (χ1v) is 10.3. The molecule has 1 aliphatic rings. The molecule has 0 aliphatic carbocycles. The van der Waals surface area contributed by atoms with E-state index in [9.17, 15) is 19.7 Å². The molecule has 1 aliphatic heterocycles. The number of carbonyl (C=O) groups is 2. The first-order chi connectivity index (χ1) is 15.9. The van der Waals surface area contributed by atoms with Crippen LogP contribution in [0, 0.1) is 24.0 Å². The first-order valence-electron chi connectivity index (χ1n) is 10.3. The number of hydrogen-bond acceptors (Lipinski definition) is 5. The van der Waals surface area contributed by atoms with E-state index in [4.69, 9.17) is 4.74 Å². The average Bonchev–Trinajstić information content (AvgIpc) is 2.80. The number of nitrogens with zero attached hydrogens (tertiary/aromatic N) is 2. The van der Waals surface area contributed by atoms with Crippen molar-refractivity contribution in [1.82, 2.24) is 0 Å². The van der Waals surface area contributed by atoms with E-state index in [1.165, 1.54) is 17.0 Å². The van der Waals surface area contributed by atoms with Crippen molar-refractivity contribution >= 4 is 34.0 Å². The molecule has 1 heterocycles. The smallest absolute Gasteiger partial charge is 0.311 e. The summed E-state index contributed by atoms with van der Waals surface area (Å²) in [5.74, 6) is -0.452. The van der Waals surface area contributed by atoms with Crippen LogP contribution in [0.4, 0.5) is 11.4 Å². The monoisotopic (exact) mass is 438 g/mol. The molecular formula is C26H18N2O5. The zero-order chi connectivity index (χ0) is 23.3. The molecule has 7 heteroatoms. The van der Waals surface area contributed by atoms with Crippen LogP contribution < -0.4 is 9.64 Å². The van der Waals surface area contributed by atoms with Crippen LogP contribution in [0.3, 0.4) is 0 Å². The Morgan fingerprint density at radius 1 is 0.788 bits per heavy atom. The highest BCUT2D eigenvalue weighted by Crippen LogP contribution is 2.40. The van der Waals surface area contributed by atoms with Crippen LogP contribution in [0.2, 0.25) is 0 Å². The molecule has 0 radical (unpaired) electrons. The Morgan fingerprint density at radius 2 is 1.52 bits per heavy atom. The second-order valence-corrected chi connectivity index (χ2v) is 7.88. The summed E-state index contributed by atoms with van der Waals surface area (Å²) in [5, 5.41) is 12.4. The number of amides is 2. The average molecular weight is 438 g/mol. The minimum atomic E-state index is -0.519. The van der Waals surface area contributed by atoms with Gasteiger partial charge in [0.1, 0.15) is 5.75 Å². The third kappa shape index (κ3) is 3.22. The molecule has 7 nitrogen and oxygen atoms in total. The number of para-hydroxylation sites is 2. The summed E-state index contributed by atoms with van der Waals surface area (Å²) in [6, 6.07) is 19.8. The molecule has 0 unspecified atom stereocenters. The van der Waals surface area contributed by atoms with Gasteiger partial charge in [0.25, 0.3) is 11.8 Å². The predicted octanol–water partition coefficient (Wildman–Crippen LogP) is 5.96. The number of benzene rings is 4. The molecule has 4 aromatic rings. The second kappa shape index (κ2) is 7.56. The summed E-state index contributed by atoms with van der Waals surface area (Å²) in [6.07, 6.45) is 0. The fourth-order valence-electron chi connectivity index (χ4n) is 4.07. The Kier molecular flexibility index (Phi) is 4.67. The fraction of sp³-hybridized carbons (Fsp3) is 0.0769. The Bertz CT molecular complexity index is 1470. The molecule has 0 bridgehead atoms. The summed E-state index contributed by atoms with van der Waals surface area (Å²) in [5.41, 5.74) is 3.11. The van der Waals surface area contributed by atoms with Crippen molar-refractivity contribution in [2.45, 2.75) is 13.8 Å². The largest absolute Gasteiger partial charge is 0.449 e. The normalized spacial score (nSPS) is 12.8. The van der Waals surface area contributed by atoms with Crippen molar-refractivity contribution in [3.8, 4) is 11.5 Å². The van der Waals surface area contributed by atoms with Gasteiger partial charge in [-0.15, -0.1) is 0 Å². The number of hydrogen-bond donors (Lipinski definition) is 0. The maximum atomic E-state index is 13.4. The lowest BCUT2D eigenvalue weighted by molar-refractivity contribution is -0.385. The van der Waals surface area contributed by atoms with E-state index in [1.807, 2.05) is 26.0 Å². The molecule has 0 saturated heterocycles. The summed E-state index contributed by atoms with van der Waals surface area (Å²) in [6.45, 7) is 3.90. The topological polar surface area (TPSA) is 89.8 Å². The highest BCUT2D eigenvalue weighted by Gasteiger charge is 2.35. The zero-order valence-electron chi connectivity index (χ0n) is 17.9. The maximum absolute atomic E-state index is 13.4. The predicted molar refractivity (Wildman–Crippen MR) is 124 cm³/mol. The molecule has 5 rings (SSSR count). The van der Waals surface area contributed by atoms with Crippen LogP contribution in [-0.2, 0) is 0 Å². The molecule has 0 aromatic heterocycles. The molecule has 2 amide bonds. The summed E-state index contributed by atoms with van der Waals surface area (Å²) in [7, 11) is 0. The van der Waals surface area contributed by atoms with Gasteiger partial charge in [-0.1, -0.05) is 30.3 Å². The van der Waals surface area contributed by atoms with Crippen LogP contribution in [0.25, 0.3) is 10.8 Å². The SMILES string of the molecule is Cc1ccc(N2C(=O)c3cccc4c(Oc5ccccc5[N+](=O)[O-])ccc(c34)C2=O)cc1C. The summed E-state index contributed by atoms with van der Waals surface area (Å²) in [4.78, 5) is 38.8. The Morgan fingerprint density at radius 3 is 2.24 bits per heavy atom. The minimum absolute atomic E-state index is 0.0772. The van der Waals surface area contributed by atoms with E-state index in [0.717, 1.165) is 11.1 Å². The van der Waals surface area contributed by atoms with Gasteiger partial charge in [-0.25, -0.2) is 4.90 Å². The van der Waals surface area contributed by atoms with Gasteiger partial charge in [0.15, 0.2) is 0 Å². The van der Waals surface area contributed by atoms with Crippen molar-refractivity contribution in [2.75, 3.05) is 4.90 Å². The molecule has 0 fully saturated rings. The molecule has 0 N–H and O–H groups in total. The number of carbonyl (C=O) groups excluding carboxylic acids is 2.